The van der Waals surface area contributed by atoms with E-state index in [2.05, 4.69) is 19.7 Å². The molecule has 0 saturated heterocycles. The minimum Gasteiger partial charge on any atom is -0.491 e. The van der Waals surface area contributed by atoms with Gasteiger partial charge in [-0.3, -0.25) is 14.5 Å². The standard InChI is InChI=1S/C17H18N6O2S/c1-11-15(19-21-26-11)17(24)23-8-12-7-22(2)20-16(12)13(9-23)10-25-14-4-3-5-18-6-14/h3-7,13H,8-10H2,1-2H3/t13-/m1/s1. The first-order chi connectivity index (χ1) is 12.6. The van der Waals surface area contributed by atoms with Gasteiger partial charge in [-0.15, -0.1) is 5.10 Å². The number of fused-ring (bicyclic) bond motifs is 1. The van der Waals surface area contributed by atoms with Crippen LogP contribution in [0.5, 0.6) is 5.75 Å². The van der Waals surface area contributed by atoms with Crippen LogP contribution in [0.3, 0.4) is 0 Å². The van der Waals surface area contributed by atoms with E-state index in [1.54, 1.807) is 22.0 Å². The van der Waals surface area contributed by atoms with Gasteiger partial charge in [0, 0.05) is 38.1 Å². The van der Waals surface area contributed by atoms with Gasteiger partial charge in [-0.1, -0.05) is 4.49 Å². The van der Waals surface area contributed by atoms with E-state index in [-0.39, 0.29) is 11.8 Å². The Balaban J connectivity index is 1.56. The van der Waals surface area contributed by atoms with E-state index in [9.17, 15) is 4.79 Å². The zero-order valence-corrected chi connectivity index (χ0v) is 15.3. The Morgan fingerprint density at radius 2 is 2.35 bits per heavy atom. The molecule has 0 fully saturated rings. The third-order valence-electron chi connectivity index (χ3n) is 4.35. The molecular weight excluding hydrogens is 352 g/mol. The molecule has 134 valence electrons. The normalized spacial score (nSPS) is 16.4. The van der Waals surface area contributed by atoms with Gasteiger partial charge in [0.1, 0.15) is 5.75 Å². The van der Waals surface area contributed by atoms with Crippen molar-refractivity contribution in [2.24, 2.45) is 7.05 Å². The quantitative estimate of drug-likeness (QED) is 0.696. The second-order valence-corrected chi connectivity index (χ2v) is 7.23. The first-order valence-corrected chi connectivity index (χ1v) is 9.02. The molecule has 1 aliphatic rings. The molecule has 0 aliphatic carbocycles. The van der Waals surface area contributed by atoms with Gasteiger partial charge in [0.2, 0.25) is 0 Å². The summed E-state index contributed by atoms with van der Waals surface area (Å²) >= 11 is 1.24. The molecule has 0 unspecified atom stereocenters. The van der Waals surface area contributed by atoms with Crippen molar-refractivity contribution in [2.75, 3.05) is 13.2 Å². The van der Waals surface area contributed by atoms with Crippen LogP contribution in [-0.2, 0) is 13.6 Å². The summed E-state index contributed by atoms with van der Waals surface area (Å²) in [6, 6.07) is 3.69. The molecule has 1 amide bonds. The van der Waals surface area contributed by atoms with Crippen molar-refractivity contribution < 1.29 is 9.53 Å². The molecule has 9 heteroatoms. The lowest BCUT2D eigenvalue weighted by molar-refractivity contribution is 0.0694. The summed E-state index contributed by atoms with van der Waals surface area (Å²) in [5.74, 6) is 0.584. The minimum atomic E-state index is -0.0999. The first-order valence-electron chi connectivity index (χ1n) is 8.25. The molecule has 0 N–H and O–H groups in total. The zero-order chi connectivity index (χ0) is 18.1. The topological polar surface area (TPSA) is 86.0 Å². The highest BCUT2D eigenvalue weighted by Gasteiger charge is 2.33. The van der Waals surface area contributed by atoms with Gasteiger partial charge in [0.25, 0.3) is 5.91 Å². The largest absolute Gasteiger partial charge is 0.491 e. The van der Waals surface area contributed by atoms with Crippen LogP contribution in [0.4, 0.5) is 0 Å². The molecule has 1 atom stereocenters. The highest BCUT2D eigenvalue weighted by atomic mass is 32.1. The Hall–Kier alpha value is -2.81. The van der Waals surface area contributed by atoms with E-state index in [4.69, 9.17) is 4.74 Å². The fourth-order valence-corrected chi connectivity index (χ4v) is 3.60. The third-order valence-corrected chi connectivity index (χ3v) is 4.98. The average Bonchev–Trinajstić information content (AvgIpc) is 3.24. The number of nitrogens with zero attached hydrogens (tertiary/aromatic N) is 6. The number of hydrogen-bond donors (Lipinski definition) is 0. The summed E-state index contributed by atoms with van der Waals surface area (Å²) in [4.78, 5) is 19.6. The molecule has 0 saturated carbocycles. The molecule has 3 aromatic heterocycles. The number of rotatable bonds is 4. The molecule has 0 radical (unpaired) electrons. The fourth-order valence-electron chi connectivity index (χ4n) is 3.14. The SMILES string of the molecule is Cc1snnc1C(=O)N1Cc2cn(C)nc2[C@@H](COc2cccnc2)C1. The van der Waals surface area contributed by atoms with Gasteiger partial charge in [-0.2, -0.15) is 5.10 Å². The van der Waals surface area contributed by atoms with E-state index >= 15 is 0 Å². The van der Waals surface area contributed by atoms with Crippen molar-refractivity contribution >= 4 is 17.4 Å². The van der Waals surface area contributed by atoms with E-state index in [1.807, 2.05) is 32.3 Å². The van der Waals surface area contributed by atoms with E-state index in [0.717, 1.165) is 16.1 Å². The third kappa shape index (κ3) is 3.17. The van der Waals surface area contributed by atoms with Crippen molar-refractivity contribution in [1.82, 2.24) is 29.3 Å². The second-order valence-electron chi connectivity index (χ2n) is 6.27. The number of aromatic nitrogens is 5. The molecule has 26 heavy (non-hydrogen) atoms. The van der Waals surface area contributed by atoms with Gasteiger partial charge >= 0.3 is 0 Å². The van der Waals surface area contributed by atoms with Crippen LogP contribution >= 0.6 is 11.5 Å². The van der Waals surface area contributed by atoms with Crippen LogP contribution in [-0.4, -0.2) is 48.3 Å². The van der Waals surface area contributed by atoms with Gasteiger partial charge in [-0.25, -0.2) is 0 Å². The van der Waals surface area contributed by atoms with Gasteiger partial charge < -0.3 is 9.64 Å². The number of ether oxygens (including phenoxy) is 1. The second kappa shape index (κ2) is 6.83. The Labute approximate surface area is 154 Å². The number of carbonyl (C=O) groups excluding carboxylic acids is 1. The summed E-state index contributed by atoms with van der Waals surface area (Å²) in [6.45, 7) is 3.33. The Morgan fingerprint density at radius 1 is 1.46 bits per heavy atom. The molecule has 4 heterocycles. The fraction of sp³-hybridized carbons (Fsp3) is 0.353. The minimum absolute atomic E-state index is 0.0176. The van der Waals surface area contributed by atoms with Gasteiger partial charge in [0.15, 0.2) is 5.69 Å². The molecule has 4 rings (SSSR count). The predicted molar refractivity (Wildman–Crippen MR) is 95.1 cm³/mol. The lowest BCUT2D eigenvalue weighted by Gasteiger charge is -2.31. The van der Waals surface area contributed by atoms with Gasteiger partial charge in [0.05, 0.1) is 29.3 Å². The highest BCUT2D eigenvalue weighted by Crippen LogP contribution is 2.29. The lowest BCUT2D eigenvalue weighted by Crippen LogP contribution is -2.40. The van der Waals surface area contributed by atoms with Crippen LogP contribution in [0.15, 0.2) is 30.7 Å². The van der Waals surface area contributed by atoms with Crippen molar-refractivity contribution in [3.8, 4) is 5.75 Å². The maximum Gasteiger partial charge on any atom is 0.275 e. The molecule has 8 nitrogen and oxygen atoms in total. The van der Waals surface area contributed by atoms with Crippen LogP contribution in [0.1, 0.15) is 32.5 Å². The zero-order valence-electron chi connectivity index (χ0n) is 14.5. The van der Waals surface area contributed by atoms with E-state index in [1.165, 1.54) is 11.5 Å². The summed E-state index contributed by atoms with van der Waals surface area (Å²) in [5.41, 5.74) is 2.44. The van der Waals surface area contributed by atoms with Crippen molar-refractivity contribution in [1.29, 1.82) is 0 Å². The van der Waals surface area contributed by atoms with E-state index < -0.39 is 0 Å². The van der Waals surface area contributed by atoms with Crippen LogP contribution in [0, 0.1) is 6.92 Å². The predicted octanol–water partition coefficient (Wildman–Crippen LogP) is 1.79. The molecule has 0 spiro atoms. The highest BCUT2D eigenvalue weighted by molar-refractivity contribution is 7.05. The number of carbonyl (C=O) groups is 1. The molecule has 0 aromatic carbocycles. The van der Waals surface area contributed by atoms with Gasteiger partial charge in [-0.05, 0) is 30.6 Å². The molecule has 0 bridgehead atoms. The van der Waals surface area contributed by atoms with Crippen LogP contribution in [0.2, 0.25) is 0 Å². The van der Waals surface area contributed by atoms with Crippen molar-refractivity contribution in [2.45, 2.75) is 19.4 Å². The number of aryl methyl sites for hydroxylation is 2. The maximum absolute atomic E-state index is 12.9. The molecule has 3 aromatic rings. The average molecular weight is 370 g/mol. The smallest absolute Gasteiger partial charge is 0.275 e. The number of hydrogen-bond acceptors (Lipinski definition) is 7. The van der Waals surface area contributed by atoms with Crippen molar-refractivity contribution in [3.05, 3.63) is 52.6 Å². The monoisotopic (exact) mass is 370 g/mol. The maximum atomic E-state index is 12.9. The summed E-state index contributed by atoms with van der Waals surface area (Å²) in [6.07, 6.45) is 5.34. The van der Waals surface area contributed by atoms with Crippen molar-refractivity contribution in [3.63, 3.8) is 0 Å². The Kier molecular flexibility index (Phi) is 4.37. The van der Waals surface area contributed by atoms with Crippen LogP contribution < -0.4 is 4.74 Å². The lowest BCUT2D eigenvalue weighted by atomic mass is 9.97. The Morgan fingerprint density at radius 3 is 3.08 bits per heavy atom. The number of amides is 1. The van der Waals surface area contributed by atoms with Crippen LogP contribution in [0.25, 0.3) is 0 Å². The molecular formula is C17H18N6O2S. The Bertz CT molecular complexity index is 922. The number of pyridine rings is 1. The first kappa shape index (κ1) is 16.6. The summed E-state index contributed by atoms with van der Waals surface area (Å²) in [7, 11) is 1.89. The van der Waals surface area contributed by atoms with E-state index in [0.29, 0.717) is 31.1 Å². The summed E-state index contributed by atoms with van der Waals surface area (Å²) < 4.78 is 11.5. The summed E-state index contributed by atoms with van der Waals surface area (Å²) in [5, 5.41) is 8.56. The molecule has 1 aliphatic heterocycles.